The number of nitrogens with one attached hydrogen (secondary N) is 1. The number of benzene rings is 1. The van der Waals surface area contributed by atoms with Crippen LogP contribution in [0.4, 0.5) is 35.3 Å². The van der Waals surface area contributed by atoms with Gasteiger partial charge in [-0.2, -0.15) is 13.2 Å². The Bertz CT molecular complexity index is 1140. The second-order valence-corrected chi connectivity index (χ2v) is 7.38. The third-order valence-electron chi connectivity index (χ3n) is 5.41. The average Bonchev–Trinajstić information content (AvgIpc) is 3.18. The van der Waals surface area contributed by atoms with E-state index < -0.39 is 11.7 Å². The number of carbonyl (C=O) groups is 1. The molecular formula is C21H17F3N6O. The highest BCUT2D eigenvalue weighted by molar-refractivity contribution is 6.04. The Kier molecular flexibility index (Phi) is 4.49. The van der Waals surface area contributed by atoms with Gasteiger partial charge in [-0.15, -0.1) is 0 Å². The van der Waals surface area contributed by atoms with Crippen LogP contribution < -0.4 is 15.1 Å². The molecule has 1 fully saturated rings. The summed E-state index contributed by atoms with van der Waals surface area (Å²) in [5.74, 6) is 0.911. The Morgan fingerprint density at radius 3 is 2.77 bits per heavy atom. The van der Waals surface area contributed by atoms with Gasteiger partial charge in [-0.05, 0) is 30.7 Å². The molecule has 0 aliphatic carbocycles. The van der Waals surface area contributed by atoms with Gasteiger partial charge in [0.1, 0.15) is 5.82 Å². The maximum absolute atomic E-state index is 13.1. The smallest absolute Gasteiger partial charge is 0.365 e. The van der Waals surface area contributed by atoms with Crippen LogP contribution in [-0.4, -0.2) is 40.1 Å². The summed E-state index contributed by atoms with van der Waals surface area (Å²) in [4.78, 5) is 29.7. The molecule has 4 heterocycles. The predicted octanol–water partition coefficient (Wildman–Crippen LogP) is 4.19. The summed E-state index contributed by atoms with van der Waals surface area (Å²) in [5, 5.41) is 2.77. The summed E-state index contributed by atoms with van der Waals surface area (Å²) < 4.78 is 39.4. The molecule has 5 rings (SSSR count). The van der Waals surface area contributed by atoms with Crippen LogP contribution in [0.25, 0.3) is 11.4 Å². The van der Waals surface area contributed by atoms with Crippen molar-refractivity contribution >= 4 is 23.4 Å². The highest BCUT2D eigenvalue weighted by Gasteiger charge is 2.41. The minimum absolute atomic E-state index is 0.0968. The molecular weight excluding hydrogens is 409 g/mol. The number of carbonyl (C=O) groups excluding carboxylic acids is 1. The van der Waals surface area contributed by atoms with Crippen molar-refractivity contribution in [3.63, 3.8) is 0 Å². The number of fused-ring (bicyclic) bond motifs is 4. The molecule has 31 heavy (non-hydrogen) atoms. The van der Waals surface area contributed by atoms with E-state index in [-0.39, 0.29) is 23.5 Å². The molecule has 0 spiro atoms. The normalized spacial score (nSPS) is 17.5. The van der Waals surface area contributed by atoms with E-state index in [1.807, 2.05) is 0 Å². The third kappa shape index (κ3) is 3.54. The lowest BCUT2D eigenvalue weighted by Crippen LogP contribution is -2.48. The van der Waals surface area contributed by atoms with Crippen molar-refractivity contribution in [3.8, 4) is 11.4 Å². The minimum Gasteiger partial charge on any atom is -0.365 e. The third-order valence-corrected chi connectivity index (χ3v) is 5.41. The molecule has 0 radical (unpaired) electrons. The number of aromatic nitrogens is 3. The zero-order valence-electron chi connectivity index (χ0n) is 16.2. The summed E-state index contributed by atoms with van der Waals surface area (Å²) in [5.41, 5.74) is 0.135. The average molecular weight is 426 g/mol. The van der Waals surface area contributed by atoms with Gasteiger partial charge in [0.15, 0.2) is 11.6 Å². The number of pyridine rings is 1. The largest absolute Gasteiger partial charge is 0.416 e. The van der Waals surface area contributed by atoms with Crippen molar-refractivity contribution in [2.45, 2.75) is 18.6 Å². The van der Waals surface area contributed by atoms with Gasteiger partial charge in [-0.3, -0.25) is 10.2 Å². The summed E-state index contributed by atoms with van der Waals surface area (Å²) in [6.45, 7) is 1.40. The van der Waals surface area contributed by atoms with E-state index in [0.29, 0.717) is 23.9 Å². The monoisotopic (exact) mass is 426 g/mol. The van der Waals surface area contributed by atoms with Crippen LogP contribution in [0, 0.1) is 0 Å². The Balaban J connectivity index is 1.54. The zero-order chi connectivity index (χ0) is 21.6. The van der Waals surface area contributed by atoms with Gasteiger partial charge in [0.05, 0.1) is 23.5 Å². The molecule has 2 bridgehead atoms. The van der Waals surface area contributed by atoms with Gasteiger partial charge < -0.3 is 4.90 Å². The number of hydrogen-bond donors (Lipinski definition) is 1. The first-order valence-corrected chi connectivity index (χ1v) is 9.71. The summed E-state index contributed by atoms with van der Waals surface area (Å²) in [7, 11) is 0. The Morgan fingerprint density at radius 2 is 2.00 bits per heavy atom. The summed E-state index contributed by atoms with van der Waals surface area (Å²) in [6.07, 6.45) is -0.569. The van der Waals surface area contributed by atoms with Crippen molar-refractivity contribution in [1.29, 1.82) is 0 Å². The molecule has 7 nitrogen and oxygen atoms in total. The fraction of sp³-hybridized carbons (Fsp3) is 0.238. The van der Waals surface area contributed by atoms with E-state index in [1.54, 1.807) is 35.5 Å². The topological polar surface area (TPSA) is 74.2 Å². The van der Waals surface area contributed by atoms with Crippen molar-refractivity contribution in [3.05, 3.63) is 60.4 Å². The number of urea groups is 1. The van der Waals surface area contributed by atoms with Crippen LogP contribution in [0.2, 0.25) is 0 Å². The van der Waals surface area contributed by atoms with Gasteiger partial charge in [0, 0.05) is 24.8 Å². The standard InChI is InChI=1S/C21H17F3N6O/c22-21(23,24)14-5-3-4-13(10-14)18-26-11-16-19(28-18)30(15-7-9-29(16)12-15)20(31)27-17-6-1-2-8-25-17/h1-6,8,10-11,15H,7,9,12H2,(H,25,27,31)/t15-/m0/s1. The van der Waals surface area contributed by atoms with Gasteiger partial charge in [-0.1, -0.05) is 18.2 Å². The second-order valence-electron chi connectivity index (χ2n) is 7.38. The van der Waals surface area contributed by atoms with Gasteiger partial charge in [0.25, 0.3) is 0 Å². The van der Waals surface area contributed by atoms with Crippen LogP contribution >= 0.6 is 0 Å². The van der Waals surface area contributed by atoms with Gasteiger partial charge in [-0.25, -0.2) is 19.7 Å². The van der Waals surface area contributed by atoms with Crippen LogP contribution in [0.1, 0.15) is 12.0 Å². The number of alkyl halides is 3. The second kappa shape index (κ2) is 7.22. The van der Waals surface area contributed by atoms with E-state index in [4.69, 9.17) is 0 Å². The maximum Gasteiger partial charge on any atom is 0.416 e. The number of nitrogens with zero attached hydrogens (tertiary/aromatic N) is 5. The maximum atomic E-state index is 13.1. The fourth-order valence-electron chi connectivity index (χ4n) is 3.95. The molecule has 2 aliphatic heterocycles. The van der Waals surface area contributed by atoms with E-state index in [2.05, 4.69) is 25.2 Å². The highest BCUT2D eigenvalue weighted by Crippen LogP contribution is 2.40. The van der Waals surface area contributed by atoms with E-state index >= 15 is 0 Å². The molecule has 1 N–H and O–H groups in total. The number of rotatable bonds is 2. The molecule has 2 amide bonds. The van der Waals surface area contributed by atoms with Crippen LogP contribution in [0.3, 0.4) is 0 Å². The SMILES string of the molecule is O=C(Nc1ccccn1)N1c2nc(-c3cccc(C(F)(F)F)c3)ncc2N2CC[C@H]1C2. The van der Waals surface area contributed by atoms with Gasteiger partial charge >= 0.3 is 12.2 Å². The van der Waals surface area contributed by atoms with Crippen LogP contribution in [0.5, 0.6) is 0 Å². The van der Waals surface area contributed by atoms with E-state index in [1.165, 1.54) is 12.1 Å². The molecule has 0 unspecified atom stereocenters. The molecule has 10 heteroatoms. The lowest BCUT2D eigenvalue weighted by molar-refractivity contribution is -0.137. The molecule has 3 aromatic rings. The molecule has 1 aromatic carbocycles. The lowest BCUT2D eigenvalue weighted by atomic mass is 10.1. The molecule has 158 valence electrons. The van der Waals surface area contributed by atoms with Crippen molar-refractivity contribution in [2.24, 2.45) is 0 Å². The quantitative estimate of drug-likeness (QED) is 0.665. The number of anilines is 3. The Morgan fingerprint density at radius 1 is 1.13 bits per heavy atom. The first-order chi connectivity index (χ1) is 14.9. The molecule has 1 saturated heterocycles. The van der Waals surface area contributed by atoms with Crippen molar-refractivity contribution in [2.75, 3.05) is 28.2 Å². The zero-order valence-corrected chi connectivity index (χ0v) is 16.2. The lowest BCUT2D eigenvalue weighted by Gasteiger charge is -2.35. The van der Waals surface area contributed by atoms with Crippen molar-refractivity contribution < 1.29 is 18.0 Å². The van der Waals surface area contributed by atoms with Gasteiger partial charge in [0.2, 0.25) is 0 Å². The number of amides is 2. The first kappa shape index (κ1) is 19.3. The summed E-state index contributed by atoms with van der Waals surface area (Å²) >= 11 is 0. The Labute approximate surface area is 175 Å². The summed E-state index contributed by atoms with van der Waals surface area (Å²) in [6, 6.07) is 9.55. The molecule has 1 atom stereocenters. The van der Waals surface area contributed by atoms with E-state index in [9.17, 15) is 18.0 Å². The van der Waals surface area contributed by atoms with Crippen molar-refractivity contribution in [1.82, 2.24) is 15.0 Å². The van der Waals surface area contributed by atoms with Crippen LogP contribution in [-0.2, 0) is 6.18 Å². The van der Waals surface area contributed by atoms with E-state index in [0.717, 1.165) is 25.1 Å². The van der Waals surface area contributed by atoms with Crippen LogP contribution in [0.15, 0.2) is 54.9 Å². The molecule has 2 aromatic heterocycles. The Hall–Kier alpha value is -3.69. The predicted molar refractivity (Wildman–Crippen MR) is 109 cm³/mol. The molecule has 0 saturated carbocycles. The fourth-order valence-corrected chi connectivity index (χ4v) is 3.95. The molecule has 2 aliphatic rings. The first-order valence-electron chi connectivity index (χ1n) is 9.71. The highest BCUT2D eigenvalue weighted by atomic mass is 19.4. The number of halogens is 3. The number of hydrogen-bond acceptors (Lipinski definition) is 5. The minimum atomic E-state index is -4.47.